The van der Waals surface area contributed by atoms with Crippen LogP contribution >= 0.6 is 0 Å². The molecule has 3 heteroatoms. The maximum atomic E-state index is 11.3. The molecule has 0 aromatic carbocycles. The van der Waals surface area contributed by atoms with Crippen LogP contribution in [0.15, 0.2) is 0 Å². The molecule has 0 saturated carbocycles. The van der Waals surface area contributed by atoms with Crippen molar-refractivity contribution in [3.05, 3.63) is 0 Å². The van der Waals surface area contributed by atoms with Crippen LogP contribution < -0.4 is 10.6 Å². The van der Waals surface area contributed by atoms with E-state index in [1.54, 1.807) is 0 Å². The van der Waals surface area contributed by atoms with Gasteiger partial charge in [0.2, 0.25) is 5.91 Å². The number of carbonyl (C=O) groups excluding carboxylic acids is 1. The summed E-state index contributed by atoms with van der Waals surface area (Å²) in [5.41, 5.74) is 0. The molecular weight excluding hydrogens is 200 g/mol. The Morgan fingerprint density at radius 2 is 1.69 bits per heavy atom. The molecule has 1 amide bonds. The number of amides is 1. The zero-order valence-corrected chi connectivity index (χ0v) is 11.1. The first-order chi connectivity index (χ1) is 7.66. The van der Waals surface area contributed by atoms with Gasteiger partial charge in [-0.05, 0) is 6.42 Å². The van der Waals surface area contributed by atoms with Crippen LogP contribution in [0.5, 0.6) is 0 Å². The first-order valence-corrected chi connectivity index (χ1v) is 6.67. The summed E-state index contributed by atoms with van der Waals surface area (Å²) in [4.78, 5) is 11.3. The summed E-state index contributed by atoms with van der Waals surface area (Å²) in [6, 6.07) is 0.375. The van der Waals surface area contributed by atoms with Gasteiger partial charge in [0, 0.05) is 12.6 Å². The molecule has 0 bridgehead atoms. The summed E-state index contributed by atoms with van der Waals surface area (Å²) in [5.74, 6) is 0.113. The van der Waals surface area contributed by atoms with Crippen LogP contribution in [0.1, 0.15) is 59.3 Å². The van der Waals surface area contributed by atoms with E-state index in [1.807, 2.05) is 13.8 Å². The van der Waals surface area contributed by atoms with E-state index >= 15 is 0 Å². The molecule has 0 aromatic heterocycles. The quantitative estimate of drug-likeness (QED) is 0.564. The molecule has 0 fully saturated rings. The van der Waals surface area contributed by atoms with Gasteiger partial charge < -0.3 is 10.6 Å². The summed E-state index contributed by atoms with van der Waals surface area (Å²) in [6.07, 6.45) is 7.60. The van der Waals surface area contributed by atoms with E-state index in [1.165, 1.54) is 32.1 Å². The van der Waals surface area contributed by atoms with E-state index in [2.05, 4.69) is 17.6 Å². The van der Waals surface area contributed by atoms with Gasteiger partial charge >= 0.3 is 0 Å². The molecule has 0 spiro atoms. The fraction of sp³-hybridized carbons (Fsp3) is 0.923. The van der Waals surface area contributed by atoms with E-state index in [9.17, 15) is 4.79 Å². The van der Waals surface area contributed by atoms with Crippen molar-refractivity contribution < 1.29 is 4.79 Å². The smallest absolute Gasteiger partial charge is 0.233 e. The van der Waals surface area contributed by atoms with Crippen molar-refractivity contribution in [2.45, 2.75) is 65.3 Å². The minimum absolute atomic E-state index is 0.113. The van der Waals surface area contributed by atoms with Gasteiger partial charge in [0.05, 0.1) is 6.54 Å². The van der Waals surface area contributed by atoms with Crippen molar-refractivity contribution in [1.82, 2.24) is 10.6 Å². The second-order valence-electron chi connectivity index (χ2n) is 4.65. The molecule has 0 unspecified atom stereocenters. The molecule has 0 aliphatic rings. The van der Waals surface area contributed by atoms with Crippen LogP contribution in [-0.4, -0.2) is 25.0 Å². The first-order valence-electron chi connectivity index (χ1n) is 6.67. The van der Waals surface area contributed by atoms with Gasteiger partial charge in [0.15, 0.2) is 0 Å². The molecular formula is C13H28N2O. The molecule has 0 aromatic rings. The zero-order chi connectivity index (χ0) is 12.2. The molecule has 0 atom stereocenters. The lowest BCUT2D eigenvalue weighted by molar-refractivity contribution is -0.120. The summed E-state index contributed by atoms with van der Waals surface area (Å²) in [5, 5.41) is 6.03. The Bertz CT molecular complexity index is 169. The lowest BCUT2D eigenvalue weighted by Gasteiger charge is -2.08. The molecule has 0 heterocycles. The van der Waals surface area contributed by atoms with E-state index < -0.39 is 0 Å². The summed E-state index contributed by atoms with van der Waals surface area (Å²) in [6.45, 7) is 7.57. The van der Waals surface area contributed by atoms with Crippen LogP contribution in [0.2, 0.25) is 0 Å². The molecule has 0 rings (SSSR count). The third-order valence-electron chi connectivity index (χ3n) is 2.52. The number of rotatable bonds is 10. The topological polar surface area (TPSA) is 41.1 Å². The van der Waals surface area contributed by atoms with Crippen LogP contribution in [0, 0.1) is 0 Å². The average molecular weight is 228 g/mol. The largest absolute Gasteiger partial charge is 0.355 e. The van der Waals surface area contributed by atoms with Gasteiger partial charge in [-0.15, -0.1) is 0 Å². The van der Waals surface area contributed by atoms with E-state index in [4.69, 9.17) is 0 Å². The summed E-state index contributed by atoms with van der Waals surface area (Å²) < 4.78 is 0. The average Bonchev–Trinajstić information content (AvgIpc) is 2.25. The van der Waals surface area contributed by atoms with Crippen molar-refractivity contribution in [2.24, 2.45) is 0 Å². The molecule has 0 aliphatic carbocycles. The van der Waals surface area contributed by atoms with Gasteiger partial charge in [-0.2, -0.15) is 0 Å². The standard InChI is InChI=1S/C13H28N2O/c1-4-5-6-7-8-9-10-14-13(16)11-15-12(2)3/h12,15H,4-11H2,1-3H3,(H,14,16). The highest BCUT2D eigenvalue weighted by molar-refractivity contribution is 5.77. The second-order valence-corrected chi connectivity index (χ2v) is 4.65. The Kier molecular flexibility index (Phi) is 10.5. The van der Waals surface area contributed by atoms with Gasteiger partial charge in [0.25, 0.3) is 0 Å². The number of hydrogen-bond acceptors (Lipinski definition) is 2. The highest BCUT2D eigenvalue weighted by Crippen LogP contribution is 2.03. The lowest BCUT2D eigenvalue weighted by Crippen LogP contribution is -2.37. The fourth-order valence-corrected chi connectivity index (χ4v) is 1.49. The fourth-order valence-electron chi connectivity index (χ4n) is 1.49. The molecule has 0 aliphatic heterocycles. The number of hydrogen-bond donors (Lipinski definition) is 2. The highest BCUT2D eigenvalue weighted by Gasteiger charge is 2.00. The predicted molar refractivity (Wildman–Crippen MR) is 69.5 cm³/mol. The van der Waals surface area contributed by atoms with Gasteiger partial charge in [-0.3, -0.25) is 4.79 Å². The Hall–Kier alpha value is -0.570. The minimum atomic E-state index is 0.113. The Balaban J connectivity index is 3.15. The molecule has 96 valence electrons. The van der Waals surface area contributed by atoms with Crippen molar-refractivity contribution in [1.29, 1.82) is 0 Å². The number of nitrogens with one attached hydrogen (secondary N) is 2. The number of carbonyl (C=O) groups is 1. The van der Waals surface area contributed by atoms with Crippen molar-refractivity contribution in [2.75, 3.05) is 13.1 Å². The Labute approximate surface area is 100 Å². The highest BCUT2D eigenvalue weighted by atomic mass is 16.1. The normalized spacial score (nSPS) is 10.8. The number of unbranched alkanes of at least 4 members (excludes halogenated alkanes) is 5. The molecule has 0 saturated heterocycles. The maximum Gasteiger partial charge on any atom is 0.233 e. The molecule has 16 heavy (non-hydrogen) atoms. The third kappa shape index (κ3) is 11.5. The second kappa shape index (κ2) is 10.9. The van der Waals surface area contributed by atoms with E-state index in [-0.39, 0.29) is 5.91 Å². The van der Waals surface area contributed by atoms with Gasteiger partial charge in [-0.1, -0.05) is 52.9 Å². The zero-order valence-electron chi connectivity index (χ0n) is 11.1. The van der Waals surface area contributed by atoms with Crippen molar-refractivity contribution in [3.63, 3.8) is 0 Å². The summed E-state index contributed by atoms with van der Waals surface area (Å²) in [7, 11) is 0. The minimum Gasteiger partial charge on any atom is -0.355 e. The molecule has 2 N–H and O–H groups in total. The van der Waals surface area contributed by atoms with Gasteiger partial charge in [-0.25, -0.2) is 0 Å². The predicted octanol–water partition coefficient (Wildman–Crippen LogP) is 2.46. The van der Waals surface area contributed by atoms with Crippen LogP contribution in [0.25, 0.3) is 0 Å². The Morgan fingerprint density at radius 1 is 1.06 bits per heavy atom. The SMILES string of the molecule is CCCCCCCCNC(=O)CNC(C)C. The Morgan fingerprint density at radius 3 is 2.31 bits per heavy atom. The first kappa shape index (κ1) is 15.4. The monoisotopic (exact) mass is 228 g/mol. The van der Waals surface area contributed by atoms with E-state index in [0.717, 1.165) is 13.0 Å². The van der Waals surface area contributed by atoms with Crippen molar-refractivity contribution in [3.8, 4) is 0 Å². The van der Waals surface area contributed by atoms with E-state index in [0.29, 0.717) is 12.6 Å². The molecule has 3 nitrogen and oxygen atoms in total. The van der Waals surface area contributed by atoms with Crippen molar-refractivity contribution >= 4 is 5.91 Å². The third-order valence-corrected chi connectivity index (χ3v) is 2.52. The lowest BCUT2D eigenvalue weighted by atomic mass is 10.1. The molecule has 0 radical (unpaired) electrons. The van der Waals surface area contributed by atoms with Crippen LogP contribution in [0.3, 0.4) is 0 Å². The maximum absolute atomic E-state index is 11.3. The van der Waals surface area contributed by atoms with Crippen LogP contribution in [-0.2, 0) is 4.79 Å². The summed E-state index contributed by atoms with van der Waals surface area (Å²) >= 11 is 0. The van der Waals surface area contributed by atoms with Gasteiger partial charge in [0.1, 0.15) is 0 Å². The van der Waals surface area contributed by atoms with Crippen LogP contribution in [0.4, 0.5) is 0 Å².